The molecular formula is C48H82NO10P. The number of hydrogen-bond donors (Lipinski definition) is 4. The number of hydrogen-bond acceptors (Lipinski definition) is 8. The van der Waals surface area contributed by atoms with Crippen molar-refractivity contribution in [3.8, 4) is 0 Å². The highest BCUT2D eigenvalue weighted by atomic mass is 31.2. The van der Waals surface area contributed by atoms with Crippen molar-refractivity contribution in [3.05, 3.63) is 72.9 Å². The Morgan fingerprint density at radius 2 is 0.967 bits per heavy atom. The summed E-state index contributed by atoms with van der Waals surface area (Å²) in [7, 11) is -4.77. The van der Waals surface area contributed by atoms with Gasteiger partial charge in [0, 0.05) is 12.8 Å². The van der Waals surface area contributed by atoms with Gasteiger partial charge in [-0.1, -0.05) is 157 Å². The van der Waals surface area contributed by atoms with E-state index in [2.05, 4.69) is 92.1 Å². The van der Waals surface area contributed by atoms with Crippen molar-refractivity contribution in [2.45, 2.75) is 193 Å². The van der Waals surface area contributed by atoms with E-state index in [1.54, 1.807) is 0 Å². The van der Waals surface area contributed by atoms with Crippen molar-refractivity contribution in [2.24, 2.45) is 0 Å². The first-order chi connectivity index (χ1) is 29.1. The highest BCUT2D eigenvalue weighted by Gasteiger charge is 2.28. The van der Waals surface area contributed by atoms with Gasteiger partial charge >= 0.3 is 19.8 Å². The minimum Gasteiger partial charge on any atom is -0.480 e. The number of phosphoric acid groups is 1. The Labute approximate surface area is 363 Å². The maximum Gasteiger partial charge on any atom is 0.472 e. The summed E-state index contributed by atoms with van der Waals surface area (Å²) in [4.78, 5) is 46.0. The third kappa shape index (κ3) is 41.6. The number of phosphoric ester groups is 1. The maximum absolute atomic E-state index is 12.3. The second-order valence-corrected chi connectivity index (χ2v) is 16.7. The van der Waals surface area contributed by atoms with Crippen LogP contribution in [0.1, 0.15) is 181 Å². The van der Waals surface area contributed by atoms with Gasteiger partial charge in [0.25, 0.3) is 0 Å². The molecule has 0 saturated carbocycles. The van der Waals surface area contributed by atoms with Crippen molar-refractivity contribution < 1.29 is 47.8 Å². The molecule has 0 aromatic carbocycles. The Kier molecular flexibility index (Phi) is 40.4. The molecule has 0 rings (SSSR count). The average molecular weight is 864 g/mol. The lowest BCUT2D eigenvalue weighted by Crippen LogP contribution is -2.43. The molecule has 0 aliphatic rings. The van der Waals surface area contributed by atoms with Gasteiger partial charge in [0.05, 0.1) is 13.2 Å². The lowest BCUT2D eigenvalue weighted by Gasteiger charge is -2.18. The largest absolute Gasteiger partial charge is 0.480 e. The van der Waals surface area contributed by atoms with Gasteiger partial charge in [-0.15, -0.1) is 0 Å². The SMILES string of the molecule is CC/C=C\C/C=C\C/C=C\C/C=C\C/C=C\CCCCCCCC(=O)OCC(O)COP(=O)(O)OCC(NC(=O)CCCCCCC/C=C\CCCCCCCC)C(=O)O. The van der Waals surface area contributed by atoms with Crippen LogP contribution in [0.3, 0.4) is 0 Å². The van der Waals surface area contributed by atoms with Gasteiger partial charge in [0.2, 0.25) is 5.91 Å². The Bertz CT molecular complexity index is 1290. The molecule has 0 spiro atoms. The summed E-state index contributed by atoms with van der Waals surface area (Å²) < 4.78 is 26.8. The number of aliphatic hydroxyl groups is 1. The van der Waals surface area contributed by atoms with E-state index in [1.165, 1.54) is 38.5 Å². The molecule has 3 atom stereocenters. The number of aliphatic carboxylic acids is 1. The zero-order valence-corrected chi connectivity index (χ0v) is 38.1. The molecule has 0 fully saturated rings. The molecule has 0 aliphatic heterocycles. The quantitative estimate of drug-likeness (QED) is 0.0201. The third-order valence-corrected chi connectivity index (χ3v) is 10.4. The molecule has 0 saturated heterocycles. The highest BCUT2D eigenvalue weighted by Crippen LogP contribution is 2.43. The van der Waals surface area contributed by atoms with Crippen LogP contribution in [0, 0.1) is 0 Å². The van der Waals surface area contributed by atoms with E-state index in [0.29, 0.717) is 12.8 Å². The number of unbranched alkanes of at least 4 members (excludes halogenated alkanes) is 16. The molecule has 0 radical (unpaired) electrons. The standard InChI is InChI=1S/C48H82NO10P/c1-3-5-7-9-11-13-15-17-19-20-21-22-23-24-26-28-30-32-34-36-38-40-47(52)57-41-44(50)42-58-60(55,56)59-43-45(48(53)54)49-46(51)39-37-35-33-31-29-27-25-18-16-14-12-10-8-6-4-2/h5,7,11,13,17-19,21-22,24-26,44-45,50H,3-4,6,8-10,12,14-16,20,23,27-43H2,1-2H3,(H,49,51)(H,53,54)(H,55,56)/b7-5-,13-11-,19-17-,22-21-,25-18-,26-24-. The van der Waals surface area contributed by atoms with Crippen LogP contribution >= 0.6 is 7.82 Å². The van der Waals surface area contributed by atoms with Crippen molar-refractivity contribution in [2.75, 3.05) is 19.8 Å². The van der Waals surface area contributed by atoms with Crippen molar-refractivity contribution >= 4 is 25.7 Å². The topological polar surface area (TPSA) is 169 Å². The first-order valence-corrected chi connectivity index (χ1v) is 24.5. The van der Waals surface area contributed by atoms with Crippen LogP contribution in [0.2, 0.25) is 0 Å². The minimum atomic E-state index is -4.77. The van der Waals surface area contributed by atoms with Gasteiger partial charge in [0.1, 0.15) is 12.7 Å². The molecule has 0 aromatic heterocycles. The number of esters is 1. The number of aliphatic hydroxyl groups excluding tert-OH is 1. The summed E-state index contributed by atoms with van der Waals surface area (Å²) in [6.45, 7) is 2.44. The van der Waals surface area contributed by atoms with Crippen molar-refractivity contribution in [1.29, 1.82) is 0 Å². The van der Waals surface area contributed by atoms with Gasteiger partial charge in [-0.3, -0.25) is 18.6 Å². The van der Waals surface area contributed by atoms with Crippen molar-refractivity contribution in [3.63, 3.8) is 0 Å². The molecule has 1 amide bonds. The number of carboxylic acids is 1. The number of amides is 1. The fraction of sp³-hybridized carbons (Fsp3) is 0.688. The summed E-state index contributed by atoms with van der Waals surface area (Å²) in [5.74, 6) is -2.41. The molecule has 60 heavy (non-hydrogen) atoms. The molecular weight excluding hydrogens is 781 g/mol. The van der Waals surface area contributed by atoms with Gasteiger partial charge in [0.15, 0.2) is 6.04 Å². The molecule has 12 heteroatoms. The normalized spacial score (nSPS) is 14.3. The highest BCUT2D eigenvalue weighted by molar-refractivity contribution is 7.47. The van der Waals surface area contributed by atoms with Crippen LogP contribution in [0.5, 0.6) is 0 Å². The fourth-order valence-electron chi connectivity index (χ4n) is 5.92. The van der Waals surface area contributed by atoms with Gasteiger partial charge < -0.3 is 25.2 Å². The number of carboxylic acid groups (broad SMARTS) is 1. The van der Waals surface area contributed by atoms with Crippen LogP contribution in [-0.2, 0) is 32.7 Å². The maximum atomic E-state index is 12.3. The van der Waals surface area contributed by atoms with Gasteiger partial charge in [-0.25, -0.2) is 9.36 Å². The zero-order valence-electron chi connectivity index (χ0n) is 37.2. The molecule has 0 heterocycles. The van der Waals surface area contributed by atoms with E-state index in [0.717, 1.165) is 103 Å². The number of ether oxygens (including phenoxy) is 1. The molecule has 4 N–H and O–H groups in total. The molecule has 0 bridgehead atoms. The van der Waals surface area contributed by atoms with Crippen molar-refractivity contribution in [1.82, 2.24) is 5.32 Å². The molecule has 344 valence electrons. The Balaban J connectivity index is 3.93. The number of nitrogens with one attached hydrogen (secondary N) is 1. The molecule has 11 nitrogen and oxygen atoms in total. The number of rotatable bonds is 42. The monoisotopic (exact) mass is 864 g/mol. The number of allylic oxidation sites excluding steroid dienone is 12. The molecule has 0 aromatic rings. The lowest BCUT2D eigenvalue weighted by molar-refractivity contribution is -0.147. The summed E-state index contributed by atoms with van der Waals surface area (Å²) in [5, 5.41) is 21.8. The number of carbonyl (C=O) groups excluding carboxylic acids is 2. The summed E-state index contributed by atoms with van der Waals surface area (Å²) in [6.07, 6.45) is 50.6. The van der Waals surface area contributed by atoms with Crippen LogP contribution < -0.4 is 5.32 Å². The second-order valence-electron chi connectivity index (χ2n) is 15.2. The predicted molar refractivity (Wildman–Crippen MR) is 244 cm³/mol. The third-order valence-electron chi connectivity index (χ3n) is 9.48. The Hall–Kier alpha value is -3.08. The van der Waals surface area contributed by atoms with E-state index < -0.39 is 57.6 Å². The predicted octanol–water partition coefficient (Wildman–Crippen LogP) is 12.1. The summed E-state index contributed by atoms with van der Waals surface area (Å²) in [5.41, 5.74) is 0. The zero-order chi connectivity index (χ0) is 44.2. The van der Waals surface area contributed by atoms with E-state index in [9.17, 15) is 34.1 Å². The van der Waals surface area contributed by atoms with Crippen LogP contribution in [0.4, 0.5) is 0 Å². The minimum absolute atomic E-state index is 0.132. The summed E-state index contributed by atoms with van der Waals surface area (Å²) >= 11 is 0. The number of carbonyl (C=O) groups is 3. The first kappa shape index (κ1) is 56.9. The Morgan fingerprint density at radius 3 is 1.47 bits per heavy atom. The molecule has 3 unspecified atom stereocenters. The van der Waals surface area contributed by atoms with E-state index >= 15 is 0 Å². The lowest BCUT2D eigenvalue weighted by atomic mass is 10.1. The second kappa shape index (κ2) is 42.6. The van der Waals surface area contributed by atoms with E-state index in [1.807, 2.05) is 0 Å². The van der Waals surface area contributed by atoms with E-state index in [-0.39, 0.29) is 12.8 Å². The molecule has 0 aliphatic carbocycles. The van der Waals surface area contributed by atoms with Crippen LogP contribution in [-0.4, -0.2) is 64.9 Å². The van der Waals surface area contributed by atoms with Gasteiger partial charge in [-0.2, -0.15) is 0 Å². The fourth-order valence-corrected chi connectivity index (χ4v) is 6.70. The Morgan fingerprint density at radius 1 is 0.550 bits per heavy atom. The van der Waals surface area contributed by atoms with Crippen LogP contribution in [0.25, 0.3) is 0 Å². The van der Waals surface area contributed by atoms with Gasteiger partial charge in [-0.05, 0) is 83.5 Å². The van der Waals surface area contributed by atoms with Crippen LogP contribution in [0.15, 0.2) is 72.9 Å². The first-order valence-electron chi connectivity index (χ1n) is 23.0. The smallest absolute Gasteiger partial charge is 0.472 e. The average Bonchev–Trinajstić information content (AvgIpc) is 3.22. The van der Waals surface area contributed by atoms with E-state index in [4.69, 9.17) is 13.8 Å². The summed E-state index contributed by atoms with van der Waals surface area (Å²) in [6, 6.07) is -1.56.